The highest BCUT2D eigenvalue weighted by molar-refractivity contribution is 5.97. The second kappa shape index (κ2) is 6.30. The Morgan fingerprint density at radius 3 is 2.36 bits per heavy atom. The number of aromatic nitrogens is 3. The average Bonchev–Trinajstić information content (AvgIpc) is 2.94. The molecule has 22 heavy (non-hydrogen) atoms. The standard InChI is InChI=1S/C17H24N4O/c1-7-21-16(18-9-19-21)14(6)20-17(22)15-12(4)10(2)8-11(3)13(15)5/h8-9,14H,7H2,1-6H3,(H,20,22). The molecule has 0 radical (unpaired) electrons. The maximum Gasteiger partial charge on any atom is 0.252 e. The van der Waals surface area contributed by atoms with Crippen molar-refractivity contribution in [3.63, 3.8) is 0 Å². The van der Waals surface area contributed by atoms with E-state index in [2.05, 4.69) is 21.5 Å². The first-order valence-corrected chi connectivity index (χ1v) is 7.62. The van der Waals surface area contributed by atoms with Crippen LogP contribution in [0.3, 0.4) is 0 Å². The Kier molecular flexibility index (Phi) is 4.64. The Labute approximate surface area is 131 Å². The Morgan fingerprint density at radius 2 is 1.82 bits per heavy atom. The fourth-order valence-corrected chi connectivity index (χ4v) is 2.74. The first-order chi connectivity index (χ1) is 10.4. The maximum absolute atomic E-state index is 12.7. The minimum Gasteiger partial charge on any atom is -0.342 e. The van der Waals surface area contributed by atoms with Gasteiger partial charge in [-0.3, -0.25) is 4.79 Å². The van der Waals surface area contributed by atoms with Gasteiger partial charge in [-0.2, -0.15) is 5.10 Å². The zero-order valence-electron chi connectivity index (χ0n) is 14.2. The van der Waals surface area contributed by atoms with Crippen molar-refractivity contribution in [2.45, 2.75) is 54.1 Å². The van der Waals surface area contributed by atoms with Gasteiger partial charge in [-0.25, -0.2) is 9.67 Å². The smallest absolute Gasteiger partial charge is 0.252 e. The van der Waals surface area contributed by atoms with Gasteiger partial charge in [0.15, 0.2) is 0 Å². The average molecular weight is 300 g/mol. The number of carbonyl (C=O) groups excluding carboxylic acids is 1. The molecule has 1 amide bonds. The lowest BCUT2D eigenvalue weighted by Crippen LogP contribution is -2.30. The van der Waals surface area contributed by atoms with Crippen LogP contribution in [0.1, 0.15) is 58.3 Å². The summed E-state index contributed by atoms with van der Waals surface area (Å²) in [6.07, 6.45) is 1.52. The molecule has 1 unspecified atom stereocenters. The zero-order valence-corrected chi connectivity index (χ0v) is 14.2. The van der Waals surface area contributed by atoms with Crippen LogP contribution in [0.4, 0.5) is 0 Å². The highest BCUT2D eigenvalue weighted by Crippen LogP contribution is 2.22. The summed E-state index contributed by atoms with van der Waals surface area (Å²) in [5, 5.41) is 7.20. The first-order valence-electron chi connectivity index (χ1n) is 7.62. The predicted octanol–water partition coefficient (Wildman–Crippen LogP) is 3.02. The Morgan fingerprint density at radius 1 is 1.23 bits per heavy atom. The number of hydrogen-bond donors (Lipinski definition) is 1. The van der Waals surface area contributed by atoms with E-state index in [1.54, 1.807) is 4.68 Å². The fourth-order valence-electron chi connectivity index (χ4n) is 2.74. The molecule has 5 heteroatoms. The van der Waals surface area contributed by atoms with Gasteiger partial charge >= 0.3 is 0 Å². The molecule has 5 nitrogen and oxygen atoms in total. The third kappa shape index (κ3) is 2.89. The van der Waals surface area contributed by atoms with Gasteiger partial charge in [0.1, 0.15) is 12.2 Å². The Balaban J connectivity index is 2.30. The van der Waals surface area contributed by atoms with Crippen LogP contribution in [0, 0.1) is 27.7 Å². The number of rotatable bonds is 4. The highest BCUT2D eigenvalue weighted by atomic mass is 16.1. The van der Waals surface area contributed by atoms with E-state index in [-0.39, 0.29) is 11.9 Å². The van der Waals surface area contributed by atoms with Crippen LogP contribution < -0.4 is 5.32 Å². The van der Waals surface area contributed by atoms with Crippen molar-refractivity contribution in [2.75, 3.05) is 0 Å². The summed E-state index contributed by atoms with van der Waals surface area (Å²) in [5.41, 5.74) is 5.11. The van der Waals surface area contributed by atoms with E-state index in [0.717, 1.165) is 40.2 Å². The lowest BCUT2D eigenvalue weighted by atomic mass is 9.93. The van der Waals surface area contributed by atoms with Gasteiger partial charge in [0.25, 0.3) is 5.91 Å². The van der Waals surface area contributed by atoms with Crippen LogP contribution in [0.2, 0.25) is 0 Å². The van der Waals surface area contributed by atoms with Crippen molar-refractivity contribution in [1.29, 1.82) is 0 Å². The molecule has 0 aliphatic heterocycles. The van der Waals surface area contributed by atoms with E-state index in [9.17, 15) is 4.79 Å². The minimum absolute atomic E-state index is 0.0556. The maximum atomic E-state index is 12.7. The predicted molar refractivity (Wildman–Crippen MR) is 87.0 cm³/mol. The van der Waals surface area contributed by atoms with E-state index in [4.69, 9.17) is 0 Å². The molecule has 0 saturated heterocycles. The number of hydrogen-bond acceptors (Lipinski definition) is 3. The molecule has 0 saturated carbocycles. The van der Waals surface area contributed by atoms with Crippen LogP contribution in [0.15, 0.2) is 12.4 Å². The molecule has 118 valence electrons. The summed E-state index contributed by atoms with van der Waals surface area (Å²) in [4.78, 5) is 17.0. The summed E-state index contributed by atoms with van der Waals surface area (Å²) in [5.74, 6) is 0.718. The van der Waals surface area contributed by atoms with Crippen molar-refractivity contribution in [1.82, 2.24) is 20.1 Å². The zero-order chi connectivity index (χ0) is 16.4. The highest BCUT2D eigenvalue weighted by Gasteiger charge is 2.20. The van der Waals surface area contributed by atoms with Crippen LogP contribution in [0.5, 0.6) is 0 Å². The first kappa shape index (κ1) is 16.2. The summed E-state index contributed by atoms with van der Waals surface area (Å²) in [6.45, 7) is 12.7. The molecule has 2 rings (SSSR count). The summed E-state index contributed by atoms with van der Waals surface area (Å²) < 4.78 is 1.80. The van der Waals surface area contributed by atoms with Crippen molar-refractivity contribution in [2.24, 2.45) is 0 Å². The minimum atomic E-state index is -0.186. The van der Waals surface area contributed by atoms with E-state index < -0.39 is 0 Å². The van der Waals surface area contributed by atoms with Gasteiger partial charge in [-0.15, -0.1) is 0 Å². The third-order valence-corrected chi connectivity index (χ3v) is 4.27. The second-order valence-corrected chi connectivity index (χ2v) is 5.76. The number of nitrogens with zero attached hydrogens (tertiary/aromatic N) is 3. The molecule has 1 atom stereocenters. The third-order valence-electron chi connectivity index (χ3n) is 4.27. The largest absolute Gasteiger partial charge is 0.342 e. The van der Waals surface area contributed by atoms with E-state index in [1.165, 1.54) is 6.33 Å². The van der Waals surface area contributed by atoms with E-state index >= 15 is 0 Å². The lowest BCUT2D eigenvalue weighted by molar-refractivity contribution is 0.0936. The molecule has 0 aliphatic carbocycles. The van der Waals surface area contributed by atoms with Crippen LogP contribution >= 0.6 is 0 Å². The van der Waals surface area contributed by atoms with Gasteiger partial charge in [0, 0.05) is 12.1 Å². The Hall–Kier alpha value is -2.17. The molecule has 1 N–H and O–H groups in total. The quantitative estimate of drug-likeness (QED) is 0.944. The Bertz CT molecular complexity index is 677. The van der Waals surface area contributed by atoms with Gasteiger partial charge < -0.3 is 5.32 Å². The van der Waals surface area contributed by atoms with Crippen molar-refractivity contribution >= 4 is 5.91 Å². The van der Waals surface area contributed by atoms with Gasteiger partial charge in [0.2, 0.25) is 0 Å². The monoisotopic (exact) mass is 300 g/mol. The molecule has 0 bridgehead atoms. The number of amides is 1. The van der Waals surface area contributed by atoms with Crippen molar-refractivity contribution in [3.05, 3.63) is 46.0 Å². The molecule has 2 aromatic rings. The normalized spacial score (nSPS) is 12.3. The number of aryl methyl sites for hydroxylation is 3. The van der Waals surface area contributed by atoms with E-state index in [0.29, 0.717) is 0 Å². The molecule has 1 aromatic carbocycles. The van der Waals surface area contributed by atoms with Crippen LogP contribution in [-0.2, 0) is 6.54 Å². The van der Waals surface area contributed by atoms with Crippen LogP contribution in [-0.4, -0.2) is 20.7 Å². The topological polar surface area (TPSA) is 59.8 Å². The van der Waals surface area contributed by atoms with Crippen molar-refractivity contribution < 1.29 is 4.79 Å². The summed E-state index contributed by atoms with van der Waals surface area (Å²) in [7, 11) is 0. The second-order valence-electron chi connectivity index (χ2n) is 5.76. The lowest BCUT2D eigenvalue weighted by Gasteiger charge is -2.18. The van der Waals surface area contributed by atoms with Gasteiger partial charge in [-0.05, 0) is 63.8 Å². The number of benzene rings is 1. The van der Waals surface area contributed by atoms with E-state index in [1.807, 2.05) is 41.5 Å². The SMILES string of the molecule is CCn1ncnc1C(C)NC(=O)c1c(C)c(C)cc(C)c1C. The van der Waals surface area contributed by atoms with Gasteiger partial charge in [-0.1, -0.05) is 6.07 Å². The number of nitrogens with one attached hydrogen (secondary N) is 1. The summed E-state index contributed by atoms with van der Waals surface area (Å²) in [6, 6.07) is 1.94. The fraction of sp³-hybridized carbons (Fsp3) is 0.471. The molecular formula is C17H24N4O. The van der Waals surface area contributed by atoms with Gasteiger partial charge in [0.05, 0.1) is 6.04 Å². The molecule has 0 spiro atoms. The molecule has 0 fully saturated rings. The molecule has 1 aromatic heterocycles. The summed E-state index contributed by atoms with van der Waals surface area (Å²) >= 11 is 0. The molecular weight excluding hydrogens is 276 g/mol. The molecule has 1 heterocycles. The van der Waals surface area contributed by atoms with Crippen LogP contribution in [0.25, 0.3) is 0 Å². The number of carbonyl (C=O) groups is 1. The van der Waals surface area contributed by atoms with Crippen molar-refractivity contribution in [3.8, 4) is 0 Å². The molecule has 0 aliphatic rings.